The highest BCUT2D eigenvalue weighted by molar-refractivity contribution is 5.65. The van der Waals surface area contributed by atoms with Gasteiger partial charge < -0.3 is 30.3 Å². The Bertz CT molecular complexity index is 2260. The van der Waals surface area contributed by atoms with E-state index in [1.54, 1.807) is 42.5 Å². The number of ether oxygens (including phenoxy) is 1. The van der Waals surface area contributed by atoms with E-state index in [0.717, 1.165) is 66.8 Å². The zero-order valence-electron chi connectivity index (χ0n) is 31.0. The number of hydrogen-bond donors (Lipinski definition) is 5. The number of phenols is 5. The molecule has 0 aliphatic heterocycles. The zero-order chi connectivity index (χ0) is 37.7. The second-order valence-electron chi connectivity index (χ2n) is 14.3. The molecule has 0 fully saturated rings. The van der Waals surface area contributed by atoms with Crippen LogP contribution in [-0.2, 0) is 10.8 Å². The van der Waals surface area contributed by atoms with Crippen LogP contribution in [0.5, 0.6) is 40.2 Å². The van der Waals surface area contributed by atoms with Crippen molar-refractivity contribution in [1.82, 2.24) is 0 Å². The summed E-state index contributed by atoms with van der Waals surface area (Å²) in [6.07, 6.45) is 0. The predicted molar refractivity (Wildman–Crippen MR) is 207 cm³/mol. The van der Waals surface area contributed by atoms with E-state index < -0.39 is 10.8 Å². The lowest BCUT2D eigenvalue weighted by Crippen LogP contribution is -2.29. The van der Waals surface area contributed by atoms with Gasteiger partial charge in [0.05, 0.1) is 0 Å². The molecule has 0 heterocycles. The Hall–Kier alpha value is -5.88. The first-order chi connectivity index (χ1) is 24.6. The number of para-hydroxylation sites is 1. The fraction of sp³-hybridized carbons (Fsp3) is 0.217. The van der Waals surface area contributed by atoms with Gasteiger partial charge in [-0.15, -0.1) is 0 Å². The molecule has 5 N–H and O–H groups in total. The van der Waals surface area contributed by atoms with Gasteiger partial charge in [-0.05, 0) is 147 Å². The largest absolute Gasteiger partial charge is 0.508 e. The van der Waals surface area contributed by atoms with Gasteiger partial charge in [0.1, 0.15) is 40.2 Å². The third kappa shape index (κ3) is 5.88. The molecule has 0 bridgehead atoms. The Morgan fingerprint density at radius 2 is 0.942 bits per heavy atom. The molecule has 0 aliphatic carbocycles. The minimum absolute atomic E-state index is 0.0434. The van der Waals surface area contributed by atoms with Crippen LogP contribution in [0.3, 0.4) is 0 Å². The summed E-state index contributed by atoms with van der Waals surface area (Å²) in [4.78, 5) is 0. The number of rotatable bonds is 8. The highest BCUT2D eigenvalue weighted by Gasteiger charge is 2.39. The smallest absolute Gasteiger partial charge is 0.135 e. The van der Waals surface area contributed by atoms with Crippen molar-refractivity contribution in [2.75, 3.05) is 0 Å². The van der Waals surface area contributed by atoms with E-state index in [-0.39, 0.29) is 28.7 Å². The minimum atomic E-state index is -0.823. The average Bonchev–Trinajstić information content (AvgIpc) is 3.12. The van der Waals surface area contributed by atoms with Crippen LogP contribution < -0.4 is 4.74 Å². The van der Waals surface area contributed by atoms with Gasteiger partial charge in [-0.2, -0.15) is 0 Å². The first-order valence-electron chi connectivity index (χ1n) is 17.4. The zero-order valence-corrected chi connectivity index (χ0v) is 31.0. The summed E-state index contributed by atoms with van der Waals surface area (Å²) in [5.74, 6) is 1.86. The van der Waals surface area contributed by atoms with Crippen molar-refractivity contribution in [1.29, 1.82) is 0 Å². The monoisotopic (exact) mass is 694 g/mol. The van der Waals surface area contributed by atoms with E-state index >= 15 is 0 Å². The molecule has 6 aromatic carbocycles. The first kappa shape index (κ1) is 35.9. The third-order valence-corrected chi connectivity index (χ3v) is 11.2. The summed E-state index contributed by atoms with van der Waals surface area (Å²) >= 11 is 0. The quantitative estimate of drug-likeness (QED) is 0.101. The summed E-state index contributed by atoms with van der Waals surface area (Å²) in [6.45, 7) is 16.1. The molecule has 1 unspecified atom stereocenters. The van der Waals surface area contributed by atoms with Crippen LogP contribution in [0.4, 0.5) is 0 Å². The highest BCUT2D eigenvalue weighted by Crippen LogP contribution is 2.51. The fourth-order valence-electron chi connectivity index (χ4n) is 7.84. The van der Waals surface area contributed by atoms with Crippen LogP contribution in [0.25, 0.3) is 0 Å². The molecule has 0 saturated heterocycles. The molecule has 52 heavy (non-hydrogen) atoms. The first-order valence-corrected chi connectivity index (χ1v) is 17.4. The maximum Gasteiger partial charge on any atom is 0.135 e. The fourth-order valence-corrected chi connectivity index (χ4v) is 7.84. The van der Waals surface area contributed by atoms with E-state index in [2.05, 4.69) is 26.8 Å². The van der Waals surface area contributed by atoms with Gasteiger partial charge in [-0.1, -0.05) is 60.7 Å². The van der Waals surface area contributed by atoms with E-state index in [1.807, 2.05) is 89.2 Å². The molecule has 6 heteroatoms. The number of hydrogen-bond acceptors (Lipinski definition) is 6. The molecule has 6 nitrogen and oxygen atoms in total. The SMILES string of the molecule is Cc1cc(C(C)(c2ccccc2O)c2cc(C)c(Oc3cc(O)ccc3C(C)(c3ccc(O)cc3)c3ccc(O)cc3)c(C)c2C)c(C)c(C)c1O. The van der Waals surface area contributed by atoms with Crippen molar-refractivity contribution in [2.45, 2.75) is 66.2 Å². The normalized spacial score (nSPS) is 12.8. The molecule has 0 spiro atoms. The van der Waals surface area contributed by atoms with Crippen molar-refractivity contribution < 1.29 is 30.3 Å². The Balaban J connectivity index is 1.57. The van der Waals surface area contributed by atoms with Gasteiger partial charge >= 0.3 is 0 Å². The number of aromatic hydroxyl groups is 5. The molecule has 0 amide bonds. The van der Waals surface area contributed by atoms with Gasteiger partial charge in [-0.3, -0.25) is 0 Å². The van der Waals surface area contributed by atoms with Crippen LogP contribution in [0.15, 0.2) is 103 Å². The standard InChI is InChI=1S/C46H46O6/c1-26-23-39(28(3)30(5)43(26)51)46(8,37-11-9-10-12-41(37)50)40-24-27(2)44(31(6)29(40)4)52-42-25-36(49)21-22-38(42)45(7,32-13-17-34(47)18-14-32)33-15-19-35(48)20-16-33/h9-25,47-51H,1-8H3. The van der Waals surface area contributed by atoms with Crippen molar-refractivity contribution >= 4 is 0 Å². The maximum absolute atomic E-state index is 11.4. The van der Waals surface area contributed by atoms with Gasteiger partial charge in [-0.25, -0.2) is 0 Å². The van der Waals surface area contributed by atoms with E-state index in [1.165, 1.54) is 0 Å². The van der Waals surface area contributed by atoms with Crippen LogP contribution in [0, 0.1) is 41.5 Å². The molecular formula is C46H46O6. The number of benzene rings is 6. The number of aryl methyl sites for hydroxylation is 2. The van der Waals surface area contributed by atoms with Crippen molar-refractivity contribution in [2.24, 2.45) is 0 Å². The summed E-state index contributed by atoms with van der Waals surface area (Å²) in [5.41, 5.74) is 8.80. The molecule has 6 rings (SSSR count). The third-order valence-electron chi connectivity index (χ3n) is 11.2. The molecule has 1 atom stereocenters. The summed E-state index contributed by atoms with van der Waals surface area (Å²) < 4.78 is 6.91. The van der Waals surface area contributed by atoms with Gasteiger partial charge in [0.25, 0.3) is 0 Å². The van der Waals surface area contributed by atoms with Crippen LogP contribution in [0.2, 0.25) is 0 Å². The van der Waals surface area contributed by atoms with Crippen molar-refractivity contribution in [3.05, 3.63) is 170 Å². The molecular weight excluding hydrogens is 649 g/mol. The predicted octanol–water partition coefficient (Wildman–Crippen LogP) is 10.6. The number of phenolic OH excluding ortho intramolecular Hbond substituents is 5. The maximum atomic E-state index is 11.4. The average molecular weight is 695 g/mol. The Morgan fingerprint density at radius 1 is 0.442 bits per heavy atom. The Kier molecular flexibility index (Phi) is 9.22. The van der Waals surface area contributed by atoms with Gasteiger partial charge in [0.2, 0.25) is 0 Å². The summed E-state index contributed by atoms with van der Waals surface area (Å²) in [7, 11) is 0. The molecule has 0 radical (unpaired) electrons. The van der Waals surface area contributed by atoms with Crippen LogP contribution in [-0.4, -0.2) is 25.5 Å². The molecule has 0 aliphatic rings. The lowest BCUT2D eigenvalue weighted by Gasteiger charge is -2.37. The topological polar surface area (TPSA) is 110 Å². The van der Waals surface area contributed by atoms with Crippen molar-refractivity contribution in [3.8, 4) is 40.2 Å². The second kappa shape index (κ2) is 13.3. The summed E-state index contributed by atoms with van der Waals surface area (Å²) in [6, 6.07) is 30.7. The van der Waals surface area contributed by atoms with Gasteiger partial charge in [0, 0.05) is 28.0 Å². The Morgan fingerprint density at radius 3 is 1.50 bits per heavy atom. The van der Waals surface area contributed by atoms with E-state index in [9.17, 15) is 25.5 Å². The molecule has 6 aromatic rings. The minimum Gasteiger partial charge on any atom is -0.508 e. The lowest BCUT2D eigenvalue weighted by molar-refractivity contribution is 0.440. The lowest BCUT2D eigenvalue weighted by atomic mass is 9.66. The Labute approximate surface area is 305 Å². The van der Waals surface area contributed by atoms with E-state index in [4.69, 9.17) is 4.74 Å². The van der Waals surface area contributed by atoms with Crippen LogP contribution in [0.1, 0.15) is 80.6 Å². The second-order valence-corrected chi connectivity index (χ2v) is 14.3. The molecule has 266 valence electrons. The highest BCUT2D eigenvalue weighted by atomic mass is 16.5. The van der Waals surface area contributed by atoms with Gasteiger partial charge in [0.15, 0.2) is 0 Å². The van der Waals surface area contributed by atoms with Crippen molar-refractivity contribution in [3.63, 3.8) is 0 Å². The molecule has 0 aromatic heterocycles. The van der Waals surface area contributed by atoms with E-state index in [0.29, 0.717) is 11.5 Å². The van der Waals surface area contributed by atoms with Crippen LogP contribution >= 0.6 is 0 Å². The molecule has 0 saturated carbocycles. The summed E-state index contributed by atoms with van der Waals surface area (Å²) in [5, 5.41) is 53.3.